The second-order valence-corrected chi connectivity index (χ2v) is 4.32. The van der Waals surface area contributed by atoms with Crippen LogP contribution < -0.4 is 15.2 Å². The van der Waals surface area contributed by atoms with E-state index in [2.05, 4.69) is 12.1 Å². The predicted octanol–water partition coefficient (Wildman–Crippen LogP) is 3.38. The Morgan fingerprint density at radius 3 is 2.37 bits per heavy atom. The quantitative estimate of drug-likeness (QED) is 0.862. The van der Waals surface area contributed by atoms with E-state index >= 15 is 0 Å². The van der Waals surface area contributed by atoms with Gasteiger partial charge in [0.25, 0.3) is 0 Å². The number of rotatable bonds is 6. The van der Waals surface area contributed by atoms with Crippen molar-refractivity contribution < 1.29 is 9.47 Å². The van der Waals surface area contributed by atoms with E-state index in [1.807, 2.05) is 36.4 Å². The molecule has 2 rings (SSSR count). The van der Waals surface area contributed by atoms with Crippen LogP contribution in [0.5, 0.6) is 17.2 Å². The van der Waals surface area contributed by atoms with Gasteiger partial charge in [-0.25, -0.2) is 0 Å². The highest BCUT2D eigenvalue weighted by Crippen LogP contribution is 2.25. The highest BCUT2D eigenvalue weighted by molar-refractivity contribution is 5.37. The first-order valence-electron chi connectivity index (χ1n) is 6.43. The first-order chi connectivity index (χ1) is 9.31. The van der Waals surface area contributed by atoms with Crippen molar-refractivity contribution in [2.45, 2.75) is 12.8 Å². The Bertz CT molecular complexity index is 508. The number of benzene rings is 2. The Morgan fingerprint density at radius 1 is 0.947 bits per heavy atom. The summed E-state index contributed by atoms with van der Waals surface area (Å²) in [6.07, 6.45) is 2.02. The van der Waals surface area contributed by atoms with Gasteiger partial charge >= 0.3 is 0 Å². The molecular formula is C16H19NO2. The summed E-state index contributed by atoms with van der Waals surface area (Å²) in [5.41, 5.74) is 6.78. The monoisotopic (exact) mass is 257 g/mol. The van der Waals surface area contributed by atoms with Gasteiger partial charge in [0, 0.05) is 6.07 Å². The van der Waals surface area contributed by atoms with E-state index in [1.165, 1.54) is 5.56 Å². The number of hydrogen-bond donors (Lipinski definition) is 1. The molecule has 0 aliphatic carbocycles. The van der Waals surface area contributed by atoms with Crippen LogP contribution in [0.3, 0.4) is 0 Å². The molecule has 0 aliphatic heterocycles. The van der Waals surface area contributed by atoms with Crippen molar-refractivity contribution in [3.05, 3.63) is 54.1 Å². The molecule has 0 aliphatic rings. The summed E-state index contributed by atoms with van der Waals surface area (Å²) in [4.78, 5) is 0. The van der Waals surface area contributed by atoms with E-state index in [0.717, 1.165) is 36.6 Å². The van der Waals surface area contributed by atoms with Gasteiger partial charge in [-0.15, -0.1) is 0 Å². The SMILES string of the molecule is COc1cccc(Oc2ccc(CCCN)cc2)c1. The largest absolute Gasteiger partial charge is 0.497 e. The number of ether oxygens (including phenoxy) is 2. The van der Waals surface area contributed by atoms with Gasteiger partial charge in [-0.1, -0.05) is 18.2 Å². The van der Waals surface area contributed by atoms with Crippen LogP contribution in [-0.4, -0.2) is 13.7 Å². The van der Waals surface area contributed by atoms with E-state index < -0.39 is 0 Å². The lowest BCUT2D eigenvalue weighted by Gasteiger charge is -2.08. The molecule has 3 heteroatoms. The van der Waals surface area contributed by atoms with E-state index in [1.54, 1.807) is 7.11 Å². The minimum atomic E-state index is 0.724. The van der Waals surface area contributed by atoms with Gasteiger partial charge in [0.2, 0.25) is 0 Å². The molecule has 0 amide bonds. The zero-order valence-corrected chi connectivity index (χ0v) is 11.1. The maximum Gasteiger partial charge on any atom is 0.131 e. The van der Waals surface area contributed by atoms with Crippen molar-refractivity contribution in [1.82, 2.24) is 0 Å². The number of hydrogen-bond acceptors (Lipinski definition) is 3. The molecule has 2 aromatic rings. The molecule has 0 heterocycles. The molecule has 0 aromatic heterocycles. The maximum atomic E-state index is 5.78. The number of methoxy groups -OCH3 is 1. The minimum Gasteiger partial charge on any atom is -0.497 e. The fourth-order valence-corrected chi connectivity index (χ4v) is 1.83. The lowest BCUT2D eigenvalue weighted by atomic mass is 10.1. The Balaban J connectivity index is 2.02. The zero-order chi connectivity index (χ0) is 13.5. The summed E-state index contributed by atoms with van der Waals surface area (Å²) in [6, 6.07) is 15.7. The van der Waals surface area contributed by atoms with Crippen molar-refractivity contribution in [2.75, 3.05) is 13.7 Å². The van der Waals surface area contributed by atoms with Crippen molar-refractivity contribution in [2.24, 2.45) is 5.73 Å². The molecule has 0 atom stereocenters. The summed E-state index contributed by atoms with van der Waals surface area (Å²) in [7, 11) is 1.64. The average Bonchev–Trinajstić information content (AvgIpc) is 2.47. The second-order valence-electron chi connectivity index (χ2n) is 4.32. The third-order valence-corrected chi connectivity index (χ3v) is 2.87. The van der Waals surface area contributed by atoms with Crippen molar-refractivity contribution >= 4 is 0 Å². The van der Waals surface area contributed by atoms with Crippen LogP contribution in [0, 0.1) is 0 Å². The van der Waals surface area contributed by atoms with Crippen LogP contribution in [0.15, 0.2) is 48.5 Å². The molecule has 2 N–H and O–H groups in total. The lowest BCUT2D eigenvalue weighted by molar-refractivity contribution is 0.409. The Kier molecular flexibility index (Phi) is 4.81. The molecular weight excluding hydrogens is 238 g/mol. The zero-order valence-electron chi connectivity index (χ0n) is 11.1. The number of nitrogens with two attached hydrogens (primary N) is 1. The molecule has 0 radical (unpaired) electrons. The van der Waals surface area contributed by atoms with Crippen LogP contribution >= 0.6 is 0 Å². The molecule has 3 nitrogen and oxygen atoms in total. The smallest absolute Gasteiger partial charge is 0.131 e. The van der Waals surface area contributed by atoms with E-state index in [9.17, 15) is 0 Å². The highest BCUT2D eigenvalue weighted by Gasteiger charge is 2.00. The fraction of sp³-hybridized carbons (Fsp3) is 0.250. The van der Waals surface area contributed by atoms with Crippen molar-refractivity contribution in [3.63, 3.8) is 0 Å². The van der Waals surface area contributed by atoms with E-state index in [-0.39, 0.29) is 0 Å². The molecule has 100 valence electrons. The first kappa shape index (κ1) is 13.4. The second kappa shape index (κ2) is 6.81. The average molecular weight is 257 g/mol. The van der Waals surface area contributed by atoms with Gasteiger partial charge in [0.1, 0.15) is 17.2 Å². The number of aryl methyl sites for hydroxylation is 1. The molecule has 0 unspecified atom stereocenters. The van der Waals surface area contributed by atoms with Gasteiger partial charge < -0.3 is 15.2 Å². The third-order valence-electron chi connectivity index (χ3n) is 2.87. The van der Waals surface area contributed by atoms with Gasteiger partial charge in [-0.3, -0.25) is 0 Å². The molecule has 2 aromatic carbocycles. The molecule has 0 spiro atoms. The first-order valence-corrected chi connectivity index (χ1v) is 6.43. The summed E-state index contributed by atoms with van der Waals surface area (Å²) in [5, 5.41) is 0. The molecule has 0 saturated heterocycles. The van der Waals surface area contributed by atoms with E-state index in [4.69, 9.17) is 15.2 Å². The van der Waals surface area contributed by atoms with Gasteiger partial charge in [-0.05, 0) is 49.2 Å². The summed E-state index contributed by atoms with van der Waals surface area (Å²) < 4.78 is 10.9. The Morgan fingerprint density at radius 2 is 1.68 bits per heavy atom. The summed E-state index contributed by atoms with van der Waals surface area (Å²) in [5.74, 6) is 2.39. The topological polar surface area (TPSA) is 44.5 Å². The van der Waals surface area contributed by atoms with Crippen molar-refractivity contribution in [3.8, 4) is 17.2 Å². The van der Waals surface area contributed by atoms with Gasteiger partial charge in [-0.2, -0.15) is 0 Å². The summed E-state index contributed by atoms with van der Waals surface area (Å²) in [6.45, 7) is 0.724. The molecule has 0 fully saturated rings. The van der Waals surface area contributed by atoms with Crippen molar-refractivity contribution in [1.29, 1.82) is 0 Å². The normalized spacial score (nSPS) is 10.2. The molecule has 19 heavy (non-hydrogen) atoms. The Hall–Kier alpha value is -2.00. The predicted molar refractivity (Wildman–Crippen MR) is 76.9 cm³/mol. The lowest BCUT2D eigenvalue weighted by Crippen LogP contribution is -2.00. The van der Waals surface area contributed by atoms with Crippen LogP contribution in [0.1, 0.15) is 12.0 Å². The fourth-order valence-electron chi connectivity index (χ4n) is 1.83. The van der Waals surface area contributed by atoms with Gasteiger partial charge in [0.15, 0.2) is 0 Å². The molecule has 0 saturated carbocycles. The standard InChI is InChI=1S/C16H19NO2/c1-18-15-5-2-6-16(12-15)19-14-9-7-13(8-10-14)4-3-11-17/h2,5-10,12H,3-4,11,17H2,1H3. The highest BCUT2D eigenvalue weighted by atomic mass is 16.5. The van der Waals surface area contributed by atoms with Crippen LogP contribution in [-0.2, 0) is 6.42 Å². The third kappa shape index (κ3) is 4.00. The van der Waals surface area contributed by atoms with Crippen LogP contribution in [0.2, 0.25) is 0 Å². The molecule has 0 bridgehead atoms. The van der Waals surface area contributed by atoms with E-state index in [0.29, 0.717) is 0 Å². The maximum absolute atomic E-state index is 5.78. The summed E-state index contributed by atoms with van der Waals surface area (Å²) >= 11 is 0. The van der Waals surface area contributed by atoms with Crippen LogP contribution in [0.25, 0.3) is 0 Å². The minimum absolute atomic E-state index is 0.724. The van der Waals surface area contributed by atoms with Crippen LogP contribution in [0.4, 0.5) is 0 Å². The Labute approximate surface area is 114 Å². The van der Waals surface area contributed by atoms with Gasteiger partial charge in [0.05, 0.1) is 7.11 Å².